The van der Waals surface area contributed by atoms with Crippen LogP contribution in [0, 0.1) is 6.92 Å². The van der Waals surface area contributed by atoms with Gasteiger partial charge in [-0.05, 0) is 32.0 Å². The van der Waals surface area contributed by atoms with Crippen LogP contribution >= 0.6 is 23.1 Å². The Morgan fingerprint density at radius 1 is 1.00 bits per heavy atom. The summed E-state index contributed by atoms with van der Waals surface area (Å²) < 4.78 is 0.725. The number of carbonyl (C=O) groups excluding carboxylic acids is 3. The lowest BCUT2D eigenvalue weighted by molar-refractivity contribution is -0.115. The second-order valence-electron chi connectivity index (χ2n) is 6.30. The second kappa shape index (κ2) is 7.29. The number of thioether (sulfide) groups is 1. The minimum Gasteiger partial charge on any atom is -0.325 e. The summed E-state index contributed by atoms with van der Waals surface area (Å²) in [6, 6.07) is 11.6. The van der Waals surface area contributed by atoms with Crippen molar-refractivity contribution in [3.8, 4) is 0 Å². The monoisotopic (exact) mass is 409 g/mol. The van der Waals surface area contributed by atoms with Crippen LogP contribution in [-0.2, 0) is 4.79 Å². The topological polar surface area (TPSA) is 89.0 Å². The number of fused-ring (bicyclic) bond motifs is 2. The van der Waals surface area contributed by atoms with E-state index >= 15 is 0 Å². The smallest absolute Gasteiger partial charge is 0.237 e. The van der Waals surface area contributed by atoms with Crippen molar-refractivity contribution in [1.82, 2.24) is 10.2 Å². The third-order valence-corrected chi connectivity index (χ3v) is 6.37. The van der Waals surface area contributed by atoms with Crippen LogP contribution in [0.3, 0.4) is 0 Å². The lowest BCUT2D eigenvalue weighted by atomic mass is 9.84. The average Bonchev–Trinajstić information content (AvgIpc) is 3.10. The van der Waals surface area contributed by atoms with Crippen LogP contribution in [0.4, 0.5) is 5.69 Å². The number of hydrogen-bond donors (Lipinski definition) is 1. The molecule has 0 radical (unpaired) electrons. The Morgan fingerprint density at radius 3 is 2.29 bits per heavy atom. The van der Waals surface area contributed by atoms with Gasteiger partial charge in [-0.2, -0.15) is 0 Å². The maximum atomic E-state index is 12.8. The number of anilines is 1. The van der Waals surface area contributed by atoms with E-state index in [0.29, 0.717) is 27.9 Å². The van der Waals surface area contributed by atoms with Crippen molar-refractivity contribution >= 4 is 46.3 Å². The molecular formula is C20H15N3O3S2. The first-order valence-electron chi connectivity index (χ1n) is 8.54. The van der Waals surface area contributed by atoms with Gasteiger partial charge in [0.2, 0.25) is 5.91 Å². The zero-order valence-electron chi connectivity index (χ0n) is 15.1. The van der Waals surface area contributed by atoms with Crippen molar-refractivity contribution in [2.45, 2.75) is 23.4 Å². The fourth-order valence-electron chi connectivity index (χ4n) is 2.95. The number of amides is 1. The standard InChI is InChI=1S/C20H15N3O3S2/c1-10(27-20-23-22-11(2)28-20)19(26)21-12-7-8-15-16(9-12)18(25)14-6-4-3-5-13(14)17(15)24/h3-10H,1-2H3,(H,21,26)/t10-/m1/s1. The average molecular weight is 409 g/mol. The molecule has 0 saturated carbocycles. The van der Waals surface area contributed by atoms with E-state index < -0.39 is 0 Å². The van der Waals surface area contributed by atoms with E-state index in [1.165, 1.54) is 23.1 Å². The first kappa shape index (κ1) is 18.5. The van der Waals surface area contributed by atoms with Gasteiger partial charge < -0.3 is 5.32 Å². The lowest BCUT2D eigenvalue weighted by Crippen LogP contribution is -2.24. The third-order valence-electron chi connectivity index (χ3n) is 4.35. The highest BCUT2D eigenvalue weighted by molar-refractivity contribution is 8.02. The van der Waals surface area contributed by atoms with Gasteiger partial charge in [0.1, 0.15) is 5.01 Å². The van der Waals surface area contributed by atoms with Crippen LogP contribution in [0.25, 0.3) is 0 Å². The molecule has 1 N–H and O–H groups in total. The van der Waals surface area contributed by atoms with Crippen molar-refractivity contribution in [3.63, 3.8) is 0 Å². The van der Waals surface area contributed by atoms with E-state index in [4.69, 9.17) is 0 Å². The van der Waals surface area contributed by atoms with Gasteiger partial charge >= 0.3 is 0 Å². The lowest BCUT2D eigenvalue weighted by Gasteiger charge is -2.18. The Balaban J connectivity index is 1.55. The van der Waals surface area contributed by atoms with Crippen LogP contribution in [0.2, 0.25) is 0 Å². The predicted molar refractivity (Wildman–Crippen MR) is 108 cm³/mol. The summed E-state index contributed by atoms with van der Waals surface area (Å²) >= 11 is 2.75. The van der Waals surface area contributed by atoms with Gasteiger partial charge in [0.15, 0.2) is 15.9 Å². The van der Waals surface area contributed by atoms with Gasteiger partial charge in [0.25, 0.3) is 0 Å². The Bertz CT molecular complexity index is 1120. The number of hydrogen-bond acceptors (Lipinski definition) is 7. The Morgan fingerprint density at radius 2 is 1.64 bits per heavy atom. The summed E-state index contributed by atoms with van der Waals surface area (Å²) in [6.07, 6.45) is 0. The summed E-state index contributed by atoms with van der Waals surface area (Å²) in [5.41, 5.74) is 1.94. The van der Waals surface area contributed by atoms with Crippen LogP contribution in [0.1, 0.15) is 43.8 Å². The molecule has 4 rings (SSSR count). The minimum atomic E-state index is -0.388. The molecule has 6 nitrogen and oxygen atoms in total. The minimum absolute atomic E-state index is 0.182. The first-order valence-corrected chi connectivity index (χ1v) is 10.2. The third kappa shape index (κ3) is 3.36. The first-order chi connectivity index (χ1) is 13.4. The Hall–Kier alpha value is -2.84. The number of rotatable bonds is 4. The van der Waals surface area contributed by atoms with E-state index in [0.717, 1.165) is 9.35 Å². The molecule has 0 saturated heterocycles. The van der Waals surface area contributed by atoms with Crippen LogP contribution < -0.4 is 5.32 Å². The molecule has 3 aromatic rings. The summed E-state index contributed by atoms with van der Waals surface area (Å²) in [6.45, 7) is 3.64. The highest BCUT2D eigenvalue weighted by atomic mass is 32.2. The van der Waals surface area contributed by atoms with Gasteiger partial charge in [0.05, 0.1) is 5.25 Å². The molecule has 1 amide bonds. The SMILES string of the molecule is Cc1nnc(S[C@H](C)C(=O)Nc2ccc3c(c2)C(=O)c2ccccc2C3=O)s1. The van der Waals surface area contributed by atoms with Gasteiger partial charge in [-0.3, -0.25) is 14.4 Å². The van der Waals surface area contributed by atoms with Crippen LogP contribution in [-0.4, -0.2) is 32.9 Å². The van der Waals surface area contributed by atoms with Gasteiger partial charge in [-0.1, -0.05) is 47.4 Å². The maximum absolute atomic E-state index is 12.8. The molecule has 0 unspecified atom stereocenters. The summed E-state index contributed by atoms with van der Waals surface area (Å²) in [4.78, 5) is 37.9. The molecule has 8 heteroatoms. The number of nitrogens with one attached hydrogen (secondary N) is 1. The van der Waals surface area contributed by atoms with E-state index in [1.807, 2.05) is 6.92 Å². The molecule has 28 heavy (non-hydrogen) atoms. The van der Waals surface area contributed by atoms with Crippen molar-refractivity contribution in [2.24, 2.45) is 0 Å². The summed E-state index contributed by atoms with van der Waals surface area (Å²) in [7, 11) is 0. The Labute approximate surface area is 169 Å². The number of nitrogens with zero attached hydrogens (tertiary/aromatic N) is 2. The van der Waals surface area contributed by atoms with Gasteiger partial charge in [0, 0.05) is 27.9 Å². The van der Waals surface area contributed by atoms with E-state index in [9.17, 15) is 14.4 Å². The van der Waals surface area contributed by atoms with Crippen LogP contribution in [0.5, 0.6) is 0 Å². The fourth-order valence-corrected chi connectivity index (χ4v) is 4.91. The Kier molecular flexibility index (Phi) is 4.82. The van der Waals surface area contributed by atoms with E-state index in [-0.39, 0.29) is 22.7 Å². The molecule has 0 aliphatic heterocycles. The van der Waals surface area contributed by atoms with Crippen LogP contribution in [0.15, 0.2) is 46.8 Å². The number of carbonyl (C=O) groups is 3. The molecule has 0 spiro atoms. The molecule has 1 aliphatic rings. The van der Waals surface area contributed by atoms with E-state index in [2.05, 4.69) is 15.5 Å². The van der Waals surface area contributed by atoms with Crippen molar-refractivity contribution in [3.05, 3.63) is 69.7 Å². The molecule has 0 bridgehead atoms. The molecule has 0 fully saturated rings. The number of aryl methyl sites for hydroxylation is 1. The molecule has 1 aliphatic carbocycles. The van der Waals surface area contributed by atoms with Crippen molar-refractivity contribution < 1.29 is 14.4 Å². The number of benzene rings is 2. The molecular weight excluding hydrogens is 394 g/mol. The normalized spacial score (nSPS) is 13.6. The fraction of sp³-hybridized carbons (Fsp3) is 0.150. The molecule has 140 valence electrons. The van der Waals surface area contributed by atoms with Crippen molar-refractivity contribution in [1.29, 1.82) is 0 Å². The van der Waals surface area contributed by atoms with Gasteiger partial charge in [-0.15, -0.1) is 10.2 Å². The summed E-state index contributed by atoms with van der Waals surface area (Å²) in [5, 5.41) is 11.2. The molecule has 1 aromatic heterocycles. The maximum Gasteiger partial charge on any atom is 0.237 e. The van der Waals surface area contributed by atoms with Gasteiger partial charge in [-0.25, -0.2) is 0 Å². The van der Waals surface area contributed by atoms with E-state index in [1.54, 1.807) is 49.4 Å². The largest absolute Gasteiger partial charge is 0.325 e. The zero-order valence-corrected chi connectivity index (χ0v) is 16.7. The number of aromatic nitrogens is 2. The quantitative estimate of drug-likeness (QED) is 0.517. The molecule has 1 heterocycles. The highest BCUT2D eigenvalue weighted by Gasteiger charge is 2.29. The predicted octanol–water partition coefficient (Wildman–Crippen LogP) is 3.74. The molecule has 1 atom stereocenters. The van der Waals surface area contributed by atoms with Crippen molar-refractivity contribution in [2.75, 3.05) is 5.32 Å². The summed E-state index contributed by atoms with van der Waals surface area (Å²) in [5.74, 6) is -0.612. The number of ketones is 2. The zero-order chi connectivity index (χ0) is 19.8. The molecule has 2 aromatic carbocycles. The highest BCUT2D eigenvalue weighted by Crippen LogP contribution is 2.30. The second-order valence-corrected chi connectivity index (χ2v) is 9.07.